The molecule has 5 heteroatoms. The molecule has 0 N–H and O–H groups in total. The van der Waals surface area contributed by atoms with E-state index in [1.165, 1.54) is 24.3 Å². The molecule has 2 heterocycles. The molecule has 0 spiro atoms. The molecule has 0 saturated carbocycles. The smallest absolute Gasteiger partial charge is 0.254 e. The summed E-state index contributed by atoms with van der Waals surface area (Å²) >= 11 is 0. The van der Waals surface area contributed by atoms with Gasteiger partial charge in [-0.2, -0.15) is 0 Å². The predicted molar refractivity (Wildman–Crippen MR) is 82.9 cm³/mol. The van der Waals surface area contributed by atoms with Crippen LogP contribution in [-0.4, -0.2) is 15.8 Å². The fourth-order valence-corrected chi connectivity index (χ4v) is 2.25. The summed E-state index contributed by atoms with van der Waals surface area (Å²) in [5.41, 5.74) is 1.20. The van der Waals surface area contributed by atoms with Gasteiger partial charge < -0.3 is 9.32 Å². The molecule has 2 aromatic heterocycles. The Morgan fingerprint density at radius 3 is 2.52 bits per heavy atom. The molecule has 3 rings (SSSR count). The van der Waals surface area contributed by atoms with E-state index in [0.717, 1.165) is 5.69 Å². The van der Waals surface area contributed by atoms with Gasteiger partial charge in [-0.1, -0.05) is 6.07 Å². The number of halogens is 1. The number of furan rings is 1. The molecular formula is C18H15FN2O2. The van der Waals surface area contributed by atoms with Crippen molar-refractivity contribution in [1.82, 2.24) is 9.88 Å². The molecule has 23 heavy (non-hydrogen) atoms. The van der Waals surface area contributed by atoms with E-state index >= 15 is 0 Å². The van der Waals surface area contributed by atoms with E-state index in [0.29, 0.717) is 24.4 Å². The Balaban J connectivity index is 1.84. The van der Waals surface area contributed by atoms with Crippen LogP contribution >= 0.6 is 0 Å². The normalized spacial score (nSPS) is 10.5. The molecule has 116 valence electrons. The van der Waals surface area contributed by atoms with Crippen LogP contribution in [-0.2, 0) is 13.1 Å². The SMILES string of the molecule is O=C(c1ccc(F)cc1)N(Cc1ccccn1)Cc1ccco1. The van der Waals surface area contributed by atoms with Crippen molar-refractivity contribution in [2.24, 2.45) is 0 Å². The van der Waals surface area contributed by atoms with E-state index in [-0.39, 0.29) is 11.7 Å². The van der Waals surface area contributed by atoms with Crippen LogP contribution in [0.3, 0.4) is 0 Å². The number of rotatable bonds is 5. The number of hydrogen-bond acceptors (Lipinski definition) is 3. The molecule has 0 saturated heterocycles. The van der Waals surface area contributed by atoms with E-state index in [1.54, 1.807) is 23.4 Å². The summed E-state index contributed by atoms with van der Waals surface area (Å²) in [6.07, 6.45) is 3.25. The topological polar surface area (TPSA) is 46.3 Å². The molecule has 4 nitrogen and oxygen atoms in total. The fourth-order valence-electron chi connectivity index (χ4n) is 2.25. The van der Waals surface area contributed by atoms with Crippen LogP contribution in [0.4, 0.5) is 4.39 Å². The molecule has 0 radical (unpaired) electrons. The van der Waals surface area contributed by atoms with Gasteiger partial charge in [-0.3, -0.25) is 9.78 Å². The van der Waals surface area contributed by atoms with E-state index < -0.39 is 0 Å². The summed E-state index contributed by atoms with van der Waals surface area (Å²) in [6.45, 7) is 0.664. The van der Waals surface area contributed by atoms with E-state index in [1.807, 2.05) is 24.3 Å². The van der Waals surface area contributed by atoms with Crippen LogP contribution in [0.1, 0.15) is 21.8 Å². The first kappa shape index (κ1) is 15.0. The maximum absolute atomic E-state index is 13.1. The second-order valence-corrected chi connectivity index (χ2v) is 5.07. The highest BCUT2D eigenvalue weighted by atomic mass is 19.1. The summed E-state index contributed by atoms with van der Waals surface area (Å²) < 4.78 is 18.4. The number of hydrogen-bond donors (Lipinski definition) is 0. The van der Waals surface area contributed by atoms with Gasteiger partial charge in [0.1, 0.15) is 11.6 Å². The highest BCUT2D eigenvalue weighted by Crippen LogP contribution is 2.14. The number of nitrogens with zero attached hydrogens (tertiary/aromatic N) is 2. The van der Waals surface area contributed by atoms with Gasteiger partial charge in [0.25, 0.3) is 5.91 Å². The first-order valence-electron chi connectivity index (χ1n) is 7.19. The van der Waals surface area contributed by atoms with Crippen molar-refractivity contribution in [2.75, 3.05) is 0 Å². The summed E-state index contributed by atoms with van der Waals surface area (Å²) in [5.74, 6) is 0.104. The van der Waals surface area contributed by atoms with Crippen molar-refractivity contribution in [3.8, 4) is 0 Å². The molecular weight excluding hydrogens is 295 g/mol. The molecule has 1 amide bonds. The summed E-state index contributed by atoms with van der Waals surface area (Å²) in [6, 6.07) is 14.6. The number of aromatic nitrogens is 1. The fraction of sp³-hybridized carbons (Fsp3) is 0.111. The molecule has 0 aliphatic heterocycles. The average molecular weight is 310 g/mol. The second kappa shape index (κ2) is 6.87. The van der Waals surface area contributed by atoms with Crippen molar-refractivity contribution >= 4 is 5.91 Å². The number of pyridine rings is 1. The van der Waals surface area contributed by atoms with Gasteiger partial charge in [0, 0.05) is 11.8 Å². The highest BCUT2D eigenvalue weighted by Gasteiger charge is 2.18. The minimum Gasteiger partial charge on any atom is -0.467 e. The van der Waals surface area contributed by atoms with Crippen molar-refractivity contribution in [3.63, 3.8) is 0 Å². The Hall–Kier alpha value is -2.95. The molecule has 3 aromatic rings. The molecule has 0 bridgehead atoms. The number of carbonyl (C=O) groups is 1. The lowest BCUT2D eigenvalue weighted by molar-refractivity contribution is 0.0715. The Bertz CT molecular complexity index is 755. The zero-order chi connectivity index (χ0) is 16.1. The summed E-state index contributed by atoms with van der Waals surface area (Å²) in [4.78, 5) is 18.6. The summed E-state index contributed by atoms with van der Waals surface area (Å²) in [7, 11) is 0. The van der Waals surface area contributed by atoms with Crippen LogP contribution in [0, 0.1) is 5.82 Å². The predicted octanol–water partition coefficient (Wildman–Crippen LogP) is 3.66. The van der Waals surface area contributed by atoms with Crippen molar-refractivity contribution in [1.29, 1.82) is 0 Å². The van der Waals surface area contributed by atoms with E-state index in [9.17, 15) is 9.18 Å². The Kier molecular flexibility index (Phi) is 4.47. The van der Waals surface area contributed by atoms with Gasteiger partial charge in [0.05, 0.1) is 25.0 Å². The largest absolute Gasteiger partial charge is 0.467 e. The molecule has 0 unspecified atom stereocenters. The minimum atomic E-state index is -0.371. The average Bonchev–Trinajstić information content (AvgIpc) is 3.08. The van der Waals surface area contributed by atoms with Gasteiger partial charge in [-0.05, 0) is 48.5 Å². The van der Waals surface area contributed by atoms with Gasteiger partial charge in [-0.25, -0.2) is 4.39 Å². The first-order chi connectivity index (χ1) is 11.2. The van der Waals surface area contributed by atoms with Gasteiger partial charge in [0.2, 0.25) is 0 Å². The van der Waals surface area contributed by atoms with Crippen molar-refractivity contribution in [3.05, 3.63) is 89.9 Å². The highest BCUT2D eigenvalue weighted by molar-refractivity contribution is 5.94. The maximum atomic E-state index is 13.1. The lowest BCUT2D eigenvalue weighted by Crippen LogP contribution is -2.30. The minimum absolute atomic E-state index is 0.202. The molecule has 0 atom stereocenters. The molecule has 0 fully saturated rings. The Labute approximate surface area is 133 Å². The van der Waals surface area contributed by atoms with Crippen LogP contribution in [0.2, 0.25) is 0 Å². The van der Waals surface area contributed by atoms with Crippen molar-refractivity contribution in [2.45, 2.75) is 13.1 Å². The van der Waals surface area contributed by atoms with Gasteiger partial charge >= 0.3 is 0 Å². The first-order valence-corrected chi connectivity index (χ1v) is 7.19. The zero-order valence-electron chi connectivity index (χ0n) is 12.4. The van der Waals surface area contributed by atoms with Crippen LogP contribution in [0.15, 0.2) is 71.5 Å². The number of benzene rings is 1. The zero-order valence-corrected chi connectivity index (χ0v) is 12.4. The number of carbonyl (C=O) groups excluding carboxylic acids is 1. The third kappa shape index (κ3) is 3.83. The quantitative estimate of drug-likeness (QED) is 0.722. The lowest BCUT2D eigenvalue weighted by atomic mass is 10.2. The van der Waals surface area contributed by atoms with E-state index in [2.05, 4.69) is 4.98 Å². The molecule has 0 aliphatic rings. The monoisotopic (exact) mass is 310 g/mol. The molecule has 1 aromatic carbocycles. The van der Waals surface area contributed by atoms with Crippen LogP contribution < -0.4 is 0 Å². The van der Waals surface area contributed by atoms with Gasteiger partial charge in [-0.15, -0.1) is 0 Å². The van der Waals surface area contributed by atoms with Crippen LogP contribution in [0.25, 0.3) is 0 Å². The third-order valence-electron chi connectivity index (χ3n) is 3.38. The lowest BCUT2D eigenvalue weighted by Gasteiger charge is -2.21. The van der Waals surface area contributed by atoms with Crippen LogP contribution in [0.5, 0.6) is 0 Å². The third-order valence-corrected chi connectivity index (χ3v) is 3.38. The second-order valence-electron chi connectivity index (χ2n) is 5.07. The number of amides is 1. The van der Waals surface area contributed by atoms with Gasteiger partial charge in [0.15, 0.2) is 0 Å². The Morgan fingerprint density at radius 2 is 1.87 bits per heavy atom. The maximum Gasteiger partial charge on any atom is 0.254 e. The van der Waals surface area contributed by atoms with E-state index in [4.69, 9.17) is 4.42 Å². The van der Waals surface area contributed by atoms with Crippen molar-refractivity contribution < 1.29 is 13.6 Å². The Morgan fingerprint density at radius 1 is 1.04 bits per heavy atom. The standard InChI is InChI=1S/C18H15FN2O2/c19-15-8-6-14(7-9-15)18(22)21(13-17-5-3-11-23-17)12-16-4-1-2-10-20-16/h1-11H,12-13H2. The summed E-state index contributed by atoms with van der Waals surface area (Å²) in [5, 5.41) is 0. The molecule has 0 aliphatic carbocycles.